The van der Waals surface area contributed by atoms with E-state index in [1.54, 1.807) is 0 Å². The SMILES string of the molecule is CC(C)[C@@H](NC(=O)CN1CCC[C@@H](C)C1)c1ccc2c(c1)OCCCO2. The smallest absolute Gasteiger partial charge is 0.234 e. The lowest BCUT2D eigenvalue weighted by Gasteiger charge is -2.31. The van der Waals surface area contributed by atoms with E-state index in [1.807, 2.05) is 18.2 Å². The molecule has 0 aliphatic carbocycles. The summed E-state index contributed by atoms with van der Waals surface area (Å²) in [5, 5.41) is 3.24. The lowest BCUT2D eigenvalue weighted by Crippen LogP contribution is -2.43. The first-order chi connectivity index (χ1) is 12.5. The fraction of sp³-hybridized carbons (Fsp3) is 0.667. The van der Waals surface area contributed by atoms with Crippen molar-refractivity contribution >= 4 is 5.91 Å². The summed E-state index contributed by atoms with van der Waals surface area (Å²) in [7, 11) is 0. The number of ether oxygens (including phenoxy) is 2. The third-order valence-electron chi connectivity index (χ3n) is 5.22. The number of rotatable bonds is 5. The lowest BCUT2D eigenvalue weighted by molar-refractivity contribution is -0.123. The molecule has 1 N–H and O–H groups in total. The van der Waals surface area contributed by atoms with Gasteiger partial charge in [-0.25, -0.2) is 0 Å². The van der Waals surface area contributed by atoms with Crippen molar-refractivity contribution in [3.05, 3.63) is 23.8 Å². The van der Waals surface area contributed by atoms with E-state index < -0.39 is 0 Å². The number of carbonyl (C=O) groups is 1. The topological polar surface area (TPSA) is 50.8 Å². The molecule has 5 nitrogen and oxygen atoms in total. The highest BCUT2D eigenvalue weighted by Crippen LogP contribution is 2.34. The van der Waals surface area contributed by atoms with Crippen LogP contribution in [0.1, 0.15) is 51.6 Å². The van der Waals surface area contributed by atoms with Crippen LogP contribution in [0.15, 0.2) is 18.2 Å². The third-order valence-corrected chi connectivity index (χ3v) is 5.22. The number of hydrogen-bond acceptors (Lipinski definition) is 4. The van der Waals surface area contributed by atoms with Crippen molar-refractivity contribution in [1.29, 1.82) is 0 Å². The number of carbonyl (C=O) groups excluding carboxylic acids is 1. The first-order valence-corrected chi connectivity index (χ1v) is 9.94. The summed E-state index contributed by atoms with van der Waals surface area (Å²) in [6.45, 7) is 10.4. The van der Waals surface area contributed by atoms with Crippen LogP contribution in [0.25, 0.3) is 0 Å². The van der Waals surface area contributed by atoms with Gasteiger partial charge in [-0.2, -0.15) is 0 Å². The minimum Gasteiger partial charge on any atom is -0.490 e. The highest BCUT2D eigenvalue weighted by molar-refractivity contribution is 5.78. The van der Waals surface area contributed by atoms with E-state index >= 15 is 0 Å². The number of piperidine rings is 1. The van der Waals surface area contributed by atoms with Gasteiger partial charge in [-0.05, 0) is 48.9 Å². The summed E-state index contributed by atoms with van der Waals surface area (Å²) in [6, 6.07) is 6.00. The van der Waals surface area contributed by atoms with Crippen molar-refractivity contribution < 1.29 is 14.3 Å². The molecule has 0 bridgehead atoms. The third kappa shape index (κ3) is 4.91. The van der Waals surface area contributed by atoms with Crippen LogP contribution < -0.4 is 14.8 Å². The first kappa shape index (κ1) is 19.0. The standard InChI is InChI=1S/C21H32N2O3/c1-15(2)21(22-20(24)14-23-9-4-6-16(3)13-23)17-7-8-18-19(12-17)26-11-5-10-25-18/h7-8,12,15-16,21H,4-6,9-11,13-14H2,1-3H3,(H,22,24)/t16-,21-/m1/s1. The predicted octanol–water partition coefficient (Wildman–Crippen LogP) is 3.39. The Morgan fingerprint density at radius 3 is 2.73 bits per heavy atom. The van der Waals surface area contributed by atoms with E-state index in [0.29, 0.717) is 31.6 Å². The summed E-state index contributed by atoms with van der Waals surface area (Å²) in [5.41, 5.74) is 1.07. The second-order valence-electron chi connectivity index (χ2n) is 8.03. The molecule has 2 aliphatic heterocycles. The van der Waals surface area contributed by atoms with E-state index in [0.717, 1.165) is 36.6 Å². The molecule has 0 saturated carbocycles. The largest absolute Gasteiger partial charge is 0.490 e. The molecule has 0 unspecified atom stereocenters. The van der Waals surface area contributed by atoms with Crippen molar-refractivity contribution in [2.75, 3.05) is 32.8 Å². The normalized spacial score (nSPS) is 21.9. The van der Waals surface area contributed by atoms with Crippen LogP contribution in [0, 0.1) is 11.8 Å². The Hall–Kier alpha value is -1.75. The molecule has 2 aliphatic rings. The zero-order chi connectivity index (χ0) is 18.5. The molecule has 2 heterocycles. The molecule has 144 valence electrons. The molecule has 26 heavy (non-hydrogen) atoms. The summed E-state index contributed by atoms with van der Waals surface area (Å²) >= 11 is 0. The number of likely N-dealkylation sites (tertiary alicyclic amines) is 1. The highest BCUT2D eigenvalue weighted by atomic mass is 16.5. The van der Waals surface area contributed by atoms with Crippen LogP contribution >= 0.6 is 0 Å². The average molecular weight is 360 g/mol. The van der Waals surface area contributed by atoms with Gasteiger partial charge in [0, 0.05) is 13.0 Å². The maximum Gasteiger partial charge on any atom is 0.234 e. The number of fused-ring (bicyclic) bond motifs is 1. The molecule has 2 atom stereocenters. The van der Waals surface area contributed by atoms with Gasteiger partial charge in [-0.15, -0.1) is 0 Å². The van der Waals surface area contributed by atoms with E-state index in [4.69, 9.17) is 9.47 Å². The molecule has 1 fully saturated rings. The van der Waals surface area contributed by atoms with Crippen molar-refractivity contribution in [3.8, 4) is 11.5 Å². The van der Waals surface area contributed by atoms with Crippen molar-refractivity contribution in [1.82, 2.24) is 10.2 Å². The summed E-state index contributed by atoms with van der Waals surface area (Å²) in [5.74, 6) is 2.65. The second kappa shape index (κ2) is 8.76. The van der Waals surface area contributed by atoms with Gasteiger partial charge in [0.1, 0.15) is 0 Å². The molecule has 0 radical (unpaired) electrons. The van der Waals surface area contributed by atoms with E-state index in [1.165, 1.54) is 12.8 Å². The van der Waals surface area contributed by atoms with Gasteiger partial charge >= 0.3 is 0 Å². The molecule has 0 spiro atoms. The maximum absolute atomic E-state index is 12.6. The van der Waals surface area contributed by atoms with Crippen LogP contribution in [-0.4, -0.2) is 43.7 Å². The zero-order valence-corrected chi connectivity index (χ0v) is 16.3. The Balaban J connectivity index is 1.67. The molecule has 1 saturated heterocycles. The second-order valence-corrected chi connectivity index (χ2v) is 8.03. The van der Waals surface area contributed by atoms with Crippen LogP contribution in [0.2, 0.25) is 0 Å². The highest BCUT2D eigenvalue weighted by Gasteiger charge is 2.23. The summed E-state index contributed by atoms with van der Waals surface area (Å²) in [4.78, 5) is 14.9. The Bertz CT molecular complexity index is 617. The van der Waals surface area contributed by atoms with Crippen LogP contribution in [0.3, 0.4) is 0 Å². The van der Waals surface area contributed by atoms with E-state index in [2.05, 4.69) is 31.0 Å². The van der Waals surface area contributed by atoms with Gasteiger partial charge in [0.2, 0.25) is 5.91 Å². The quantitative estimate of drug-likeness (QED) is 0.874. The Labute approximate surface area is 157 Å². The Morgan fingerprint density at radius 1 is 1.23 bits per heavy atom. The minimum atomic E-state index is -0.0260. The van der Waals surface area contributed by atoms with Gasteiger partial charge in [-0.1, -0.05) is 26.8 Å². The van der Waals surface area contributed by atoms with Gasteiger partial charge < -0.3 is 14.8 Å². The molecule has 1 aromatic rings. The van der Waals surface area contributed by atoms with Gasteiger partial charge in [0.15, 0.2) is 11.5 Å². The monoisotopic (exact) mass is 360 g/mol. The molecular formula is C21H32N2O3. The fourth-order valence-corrected chi connectivity index (χ4v) is 3.86. The number of hydrogen-bond donors (Lipinski definition) is 1. The molecule has 1 aromatic carbocycles. The minimum absolute atomic E-state index is 0.0260. The number of amides is 1. The number of nitrogens with one attached hydrogen (secondary N) is 1. The van der Waals surface area contributed by atoms with E-state index in [-0.39, 0.29) is 11.9 Å². The number of nitrogens with zero attached hydrogens (tertiary/aromatic N) is 1. The molecule has 3 rings (SSSR count). The van der Waals surface area contributed by atoms with Gasteiger partial charge in [0.05, 0.1) is 25.8 Å². The first-order valence-electron chi connectivity index (χ1n) is 9.94. The van der Waals surface area contributed by atoms with Crippen molar-refractivity contribution in [2.24, 2.45) is 11.8 Å². The molecule has 1 amide bonds. The van der Waals surface area contributed by atoms with Crippen molar-refractivity contribution in [2.45, 2.75) is 46.1 Å². The Kier molecular flexibility index (Phi) is 6.41. The predicted molar refractivity (Wildman–Crippen MR) is 103 cm³/mol. The molecular weight excluding hydrogens is 328 g/mol. The summed E-state index contributed by atoms with van der Waals surface area (Å²) < 4.78 is 11.5. The molecule has 0 aromatic heterocycles. The average Bonchev–Trinajstić information content (AvgIpc) is 2.84. The van der Waals surface area contributed by atoms with Crippen LogP contribution in [0.5, 0.6) is 11.5 Å². The van der Waals surface area contributed by atoms with Crippen LogP contribution in [-0.2, 0) is 4.79 Å². The van der Waals surface area contributed by atoms with Gasteiger partial charge in [0.25, 0.3) is 0 Å². The van der Waals surface area contributed by atoms with Crippen molar-refractivity contribution in [3.63, 3.8) is 0 Å². The lowest BCUT2D eigenvalue weighted by atomic mass is 9.95. The van der Waals surface area contributed by atoms with Gasteiger partial charge in [-0.3, -0.25) is 9.69 Å². The maximum atomic E-state index is 12.6. The Morgan fingerprint density at radius 2 is 2.00 bits per heavy atom. The fourth-order valence-electron chi connectivity index (χ4n) is 3.86. The number of benzene rings is 1. The summed E-state index contributed by atoms with van der Waals surface area (Å²) in [6.07, 6.45) is 3.34. The van der Waals surface area contributed by atoms with E-state index in [9.17, 15) is 4.79 Å². The van der Waals surface area contributed by atoms with Crippen LogP contribution in [0.4, 0.5) is 0 Å². The zero-order valence-electron chi connectivity index (χ0n) is 16.3. The molecule has 5 heteroatoms.